The van der Waals surface area contributed by atoms with Crippen LogP contribution in [0.4, 0.5) is 5.69 Å². The minimum absolute atomic E-state index is 0.626. The van der Waals surface area contributed by atoms with E-state index in [1.807, 2.05) is 43.8 Å². The van der Waals surface area contributed by atoms with Gasteiger partial charge in [-0.25, -0.2) is 0 Å². The van der Waals surface area contributed by atoms with E-state index in [4.69, 9.17) is 16.3 Å². The first kappa shape index (κ1) is 14.7. The standard InChI is InChI=1S/C15H20ClN3O/c1-5-20-15-7-6-12(16)8-14(15)17-9-13-10(2)18-19(4)11(13)3/h6-8,17H,5,9H2,1-4H3. The molecule has 108 valence electrons. The summed E-state index contributed by atoms with van der Waals surface area (Å²) >= 11 is 6.05. The Balaban J connectivity index is 2.20. The van der Waals surface area contributed by atoms with Crippen LogP contribution in [0, 0.1) is 13.8 Å². The fourth-order valence-corrected chi connectivity index (χ4v) is 2.35. The maximum atomic E-state index is 6.05. The molecule has 0 bridgehead atoms. The molecule has 0 radical (unpaired) electrons. The summed E-state index contributed by atoms with van der Waals surface area (Å²) in [5.74, 6) is 0.816. The van der Waals surface area contributed by atoms with Crippen molar-refractivity contribution in [3.05, 3.63) is 40.2 Å². The van der Waals surface area contributed by atoms with E-state index in [1.165, 1.54) is 5.56 Å². The summed E-state index contributed by atoms with van der Waals surface area (Å²) in [6, 6.07) is 5.60. The van der Waals surface area contributed by atoms with Crippen LogP contribution in [0.15, 0.2) is 18.2 Å². The second kappa shape index (κ2) is 6.18. The van der Waals surface area contributed by atoms with Crippen molar-refractivity contribution in [2.75, 3.05) is 11.9 Å². The van der Waals surface area contributed by atoms with Gasteiger partial charge in [-0.05, 0) is 39.0 Å². The minimum atomic E-state index is 0.626. The van der Waals surface area contributed by atoms with E-state index >= 15 is 0 Å². The predicted octanol–water partition coefficient (Wildman–Crippen LogP) is 3.70. The van der Waals surface area contributed by atoms with Crippen LogP contribution in [-0.2, 0) is 13.6 Å². The Kier molecular flexibility index (Phi) is 4.55. The van der Waals surface area contributed by atoms with E-state index < -0.39 is 0 Å². The number of aryl methyl sites for hydroxylation is 2. The van der Waals surface area contributed by atoms with Crippen LogP contribution < -0.4 is 10.1 Å². The SMILES string of the molecule is CCOc1ccc(Cl)cc1NCc1c(C)nn(C)c1C. The summed E-state index contributed by atoms with van der Waals surface area (Å²) in [7, 11) is 1.96. The zero-order valence-corrected chi connectivity index (χ0v) is 13.1. The monoisotopic (exact) mass is 293 g/mol. The highest BCUT2D eigenvalue weighted by Gasteiger charge is 2.10. The Morgan fingerprint density at radius 2 is 2.10 bits per heavy atom. The number of anilines is 1. The molecule has 0 saturated heterocycles. The first-order valence-electron chi connectivity index (χ1n) is 6.68. The molecule has 0 aliphatic heterocycles. The summed E-state index contributed by atoms with van der Waals surface area (Å²) in [5, 5.41) is 8.50. The zero-order chi connectivity index (χ0) is 14.7. The molecule has 0 atom stereocenters. The Labute approximate surface area is 124 Å². The van der Waals surface area contributed by atoms with Crippen molar-refractivity contribution in [1.29, 1.82) is 0 Å². The third kappa shape index (κ3) is 3.07. The Morgan fingerprint density at radius 1 is 1.35 bits per heavy atom. The van der Waals surface area contributed by atoms with Crippen LogP contribution in [0.5, 0.6) is 5.75 Å². The number of nitrogens with one attached hydrogen (secondary N) is 1. The lowest BCUT2D eigenvalue weighted by Gasteiger charge is -2.13. The zero-order valence-electron chi connectivity index (χ0n) is 12.3. The highest BCUT2D eigenvalue weighted by Crippen LogP contribution is 2.29. The van der Waals surface area contributed by atoms with Crippen LogP contribution in [0.25, 0.3) is 0 Å². The molecular weight excluding hydrogens is 274 g/mol. The van der Waals surface area contributed by atoms with Gasteiger partial charge in [0.15, 0.2) is 0 Å². The van der Waals surface area contributed by atoms with Gasteiger partial charge < -0.3 is 10.1 Å². The topological polar surface area (TPSA) is 39.1 Å². The molecule has 4 nitrogen and oxygen atoms in total. The Hall–Kier alpha value is -1.68. The number of hydrogen-bond acceptors (Lipinski definition) is 3. The molecule has 0 aliphatic carbocycles. The number of aromatic nitrogens is 2. The van der Waals surface area contributed by atoms with Gasteiger partial charge in [-0.2, -0.15) is 5.10 Å². The number of hydrogen-bond donors (Lipinski definition) is 1. The number of rotatable bonds is 5. The molecule has 1 heterocycles. The summed E-state index contributed by atoms with van der Waals surface area (Å²) in [5.41, 5.74) is 4.31. The molecule has 0 unspecified atom stereocenters. The lowest BCUT2D eigenvalue weighted by Crippen LogP contribution is -2.04. The van der Waals surface area contributed by atoms with Crippen LogP contribution in [-0.4, -0.2) is 16.4 Å². The average molecular weight is 294 g/mol. The Bertz CT molecular complexity index is 607. The van der Waals surface area contributed by atoms with Gasteiger partial charge in [-0.1, -0.05) is 11.6 Å². The molecule has 1 aromatic carbocycles. The number of benzene rings is 1. The van der Waals surface area contributed by atoms with Crippen molar-refractivity contribution in [1.82, 2.24) is 9.78 Å². The molecule has 2 rings (SSSR count). The number of ether oxygens (including phenoxy) is 1. The second-order valence-electron chi connectivity index (χ2n) is 4.70. The van der Waals surface area contributed by atoms with Gasteiger partial charge >= 0.3 is 0 Å². The van der Waals surface area contributed by atoms with Crippen LogP contribution in [0.1, 0.15) is 23.9 Å². The van der Waals surface area contributed by atoms with Gasteiger partial charge in [0.1, 0.15) is 5.75 Å². The van der Waals surface area contributed by atoms with Gasteiger partial charge in [0.25, 0.3) is 0 Å². The molecule has 20 heavy (non-hydrogen) atoms. The van der Waals surface area contributed by atoms with Crippen LogP contribution in [0.2, 0.25) is 5.02 Å². The fourth-order valence-electron chi connectivity index (χ4n) is 2.18. The van der Waals surface area contributed by atoms with Crippen molar-refractivity contribution in [3.8, 4) is 5.75 Å². The van der Waals surface area contributed by atoms with Crippen molar-refractivity contribution in [3.63, 3.8) is 0 Å². The summed E-state index contributed by atoms with van der Waals surface area (Å²) < 4.78 is 7.50. The normalized spacial score (nSPS) is 10.7. The third-order valence-corrected chi connectivity index (χ3v) is 3.59. The van der Waals surface area contributed by atoms with Crippen LogP contribution >= 0.6 is 11.6 Å². The molecule has 0 aliphatic rings. The molecule has 0 spiro atoms. The highest BCUT2D eigenvalue weighted by molar-refractivity contribution is 6.30. The number of halogens is 1. The van der Waals surface area contributed by atoms with Gasteiger partial charge in [0.05, 0.1) is 18.0 Å². The highest BCUT2D eigenvalue weighted by atomic mass is 35.5. The van der Waals surface area contributed by atoms with Crippen molar-refractivity contribution in [2.45, 2.75) is 27.3 Å². The molecule has 0 amide bonds. The molecule has 0 fully saturated rings. The van der Waals surface area contributed by atoms with E-state index in [9.17, 15) is 0 Å². The molecule has 1 aromatic heterocycles. The lowest BCUT2D eigenvalue weighted by atomic mass is 10.2. The van der Waals surface area contributed by atoms with Gasteiger partial charge in [-0.3, -0.25) is 4.68 Å². The largest absolute Gasteiger partial charge is 0.492 e. The lowest BCUT2D eigenvalue weighted by molar-refractivity contribution is 0.341. The molecule has 2 aromatic rings. The fraction of sp³-hybridized carbons (Fsp3) is 0.400. The maximum Gasteiger partial charge on any atom is 0.142 e. The maximum absolute atomic E-state index is 6.05. The Morgan fingerprint density at radius 3 is 2.70 bits per heavy atom. The summed E-state index contributed by atoms with van der Waals surface area (Å²) in [4.78, 5) is 0. The minimum Gasteiger partial charge on any atom is -0.492 e. The van der Waals surface area contributed by atoms with Crippen molar-refractivity contribution in [2.24, 2.45) is 7.05 Å². The second-order valence-corrected chi connectivity index (χ2v) is 5.14. The molecule has 1 N–H and O–H groups in total. The average Bonchev–Trinajstić information content (AvgIpc) is 2.64. The molecule has 5 heteroatoms. The summed E-state index contributed by atoms with van der Waals surface area (Å²) in [6.07, 6.45) is 0. The smallest absolute Gasteiger partial charge is 0.142 e. The van der Waals surface area contributed by atoms with E-state index in [0.29, 0.717) is 18.2 Å². The van der Waals surface area contributed by atoms with E-state index in [0.717, 1.165) is 22.8 Å². The van der Waals surface area contributed by atoms with Crippen molar-refractivity contribution >= 4 is 17.3 Å². The van der Waals surface area contributed by atoms with Crippen LogP contribution in [0.3, 0.4) is 0 Å². The van der Waals surface area contributed by atoms with E-state index in [1.54, 1.807) is 0 Å². The van der Waals surface area contributed by atoms with Crippen molar-refractivity contribution < 1.29 is 4.74 Å². The van der Waals surface area contributed by atoms with E-state index in [2.05, 4.69) is 17.3 Å². The van der Waals surface area contributed by atoms with E-state index in [-0.39, 0.29) is 0 Å². The van der Waals surface area contributed by atoms with Gasteiger partial charge in [0.2, 0.25) is 0 Å². The quantitative estimate of drug-likeness (QED) is 0.913. The first-order chi connectivity index (χ1) is 9.52. The first-order valence-corrected chi connectivity index (χ1v) is 7.06. The van der Waals surface area contributed by atoms with Gasteiger partial charge in [0, 0.05) is 29.9 Å². The predicted molar refractivity (Wildman–Crippen MR) is 82.6 cm³/mol. The third-order valence-electron chi connectivity index (χ3n) is 3.36. The number of nitrogens with zero attached hydrogens (tertiary/aromatic N) is 2. The van der Waals surface area contributed by atoms with Gasteiger partial charge in [-0.15, -0.1) is 0 Å². The summed E-state index contributed by atoms with van der Waals surface area (Å²) in [6.45, 7) is 7.38. The molecular formula is C15H20ClN3O. The molecule has 0 saturated carbocycles.